The van der Waals surface area contributed by atoms with E-state index < -0.39 is 0 Å². The van der Waals surface area contributed by atoms with E-state index in [9.17, 15) is 4.79 Å². The molecule has 0 bridgehead atoms. The van der Waals surface area contributed by atoms with Crippen LogP contribution in [-0.2, 0) is 4.79 Å². The van der Waals surface area contributed by atoms with Gasteiger partial charge in [-0.3, -0.25) is 9.69 Å². The minimum absolute atomic E-state index is 0.177. The maximum Gasteiger partial charge on any atom is 0.236 e. The highest BCUT2D eigenvalue weighted by Gasteiger charge is 2.25. The molecule has 1 amide bonds. The maximum absolute atomic E-state index is 12.1. The number of aryl methyl sites for hydroxylation is 1. The summed E-state index contributed by atoms with van der Waals surface area (Å²) < 4.78 is 1.77. The second-order valence-corrected chi connectivity index (χ2v) is 10.5. The van der Waals surface area contributed by atoms with Crippen LogP contribution in [0, 0.1) is 13.8 Å². The number of likely N-dealkylation sites (tertiary alicyclic amines) is 1. The summed E-state index contributed by atoms with van der Waals surface area (Å²) in [5.74, 6) is 1.05. The highest BCUT2D eigenvalue weighted by atomic mass is 16.2. The Kier molecular flexibility index (Phi) is 6.09. The zero-order chi connectivity index (χ0) is 24.9. The number of nitrogens with one attached hydrogen (secondary N) is 1. The Balaban J connectivity index is 1.49. The van der Waals surface area contributed by atoms with Crippen LogP contribution in [0.3, 0.4) is 0 Å². The number of H-pyrrole nitrogens is 1. The van der Waals surface area contributed by atoms with Crippen LogP contribution in [0.15, 0.2) is 24.4 Å². The quantitative estimate of drug-likeness (QED) is 0.468. The zero-order valence-electron chi connectivity index (χ0n) is 21.6. The number of pyridine rings is 1. The lowest BCUT2D eigenvalue weighted by molar-refractivity contribution is -0.130. The van der Waals surface area contributed by atoms with Crippen molar-refractivity contribution in [1.82, 2.24) is 34.8 Å². The van der Waals surface area contributed by atoms with Crippen molar-refractivity contribution < 1.29 is 4.79 Å². The van der Waals surface area contributed by atoms with Crippen molar-refractivity contribution in [1.29, 1.82) is 0 Å². The minimum Gasteiger partial charge on any atom is -0.354 e. The van der Waals surface area contributed by atoms with Crippen molar-refractivity contribution in [3.63, 3.8) is 0 Å². The number of benzene rings is 1. The van der Waals surface area contributed by atoms with E-state index in [-0.39, 0.29) is 5.91 Å². The number of fused-ring (bicyclic) bond motifs is 2. The molecule has 0 saturated carbocycles. The predicted octanol–water partition coefficient (Wildman–Crippen LogP) is 4.28. The summed E-state index contributed by atoms with van der Waals surface area (Å²) in [5.41, 5.74) is 9.29. The number of likely N-dealkylation sites (N-methyl/N-ethyl adjacent to an activating group) is 1. The largest absolute Gasteiger partial charge is 0.354 e. The molecule has 8 heteroatoms. The van der Waals surface area contributed by atoms with Gasteiger partial charge in [-0.15, -0.1) is 5.10 Å². The highest BCUT2D eigenvalue weighted by Crippen LogP contribution is 2.39. The molecule has 4 heterocycles. The fraction of sp³-hybridized carbons (Fsp3) is 0.481. The molecule has 1 aliphatic heterocycles. The first-order chi connectivity index (χ1) is 16.7. The normalized spacial score (nSPS) is 15.5. The summed E-state index contributed by atoms with van der Waals surface area (Å²) in [5, 5.41) is 13.5. The molecule has 35 heavy (non-hydrogen) atoms. The van der Waals surface area contributed by atoms with Gasteiger partial charge in [-0.05, 0) is 96.4 Å². The van der Waals surface area contributed by atoms with Crippen LogP contribution < -0.4 is 0 Å². The lowest BCUT2D eigenvalue weighted by Gasteiger charge is -2.32. The number of amides is 1. The van der Waals surface area contributed by atoms with E-state index in [1.165, 1.54) is 22.1 Å². The summed E-state index contributed by atoms with van der Waals surface area (Å²) in [6.45, 7) is 11.2. The lowest BCUT2D eigenvalue weighted by Crippen LogP contribution is -2.40. The summed E-state index contributed by atoms with van der Waals surface area (Å²) in [6.07, 6.45) is 4.20. The van der Waals surface area contributed by atoms with E-state index >= 15 is 0 Å². The van der Waals surface area contributed by atoms with E-state index in [2.05, 4.69) is 71.3 Å². The zero-order valence-corrected chi connectivity index (χ0v) is 21.6. The van der Waals surface area contributed by atoms with Gasteiger partial charge in [0.25, 0.3) is 0 Å². The molecule has 0 unspecified atom stereocenters. The number of tetrazole rings is 1. The van der Waals surface area contributed by atoms with Crippen LogP contribution in [0.25, 0.3) is 27.8 Å². The Hall–Kier alpha value is -3.26. The van der Waals surface area contributed by atoms with Crippen LogP contribution >= 0.6 is 0 Å². The van der Waals surface area contributed by atoms with Crippen molar-refractivity contribution in [2.24, 2.45) is 0 Å². The van der Waals surface area contributed by atoms with Crippen molar-refractivity contribution in [2.75, 3.05) is 33.7 Å². The Labute approximate surface area is 206 Å². The van der Waals surface area contributed by atoms with Crippen molar-refractivity contribution in [3.8, 4) is 11.3 Å². The Morgan fingerprint density at radius 2 is 1.91 bits per heavy atom. The number of carbonyl (C=O) groups is 1. The Morgan fingerprint density at radius 1 is 1.17 bits per heavy atom. The standard InChI is InChI=1S/C27H35N7O/c1-16(2)25-21-13-20(19-9-11-33(12-10-19)15-24(35)32(5)6)7-8-23(21)28-26(25)22-14-34-27(29-30-31-34)18(4)17(22)3/h7-8,13-14,16,19,28H,9-12,15H2,1-6H3. The first-order valence-electron chi connectivity index (χ1n) is 12.5. The number of carbonyl (C=O) groups excluding carboxylic acids is 1. The first kappa shape index (κ1) is 23.5. The predicted molar refractivity (Wildman–Crippen MR) is 139 cm³/mol. The minimum atomic E-state index is 0.177. The summed E-state index contributed by atoms with van der Waals surface area (Å²) in [4.78, 5) is 19.8. The van der Waals surface area contributed by atoms with Gasteiger partial charge in [0.05, 0.1) is 12.2 Å². The molecule has 3 aromatic heterocycles. The number of hydrogen-bond acceptors (Lipinski definition) is 5. The van der Waals surface area contributed by atoms with Crippen LogP contribution in [-0.4, -0.2) is 74.5 Å². The SMILES string of the molecule is Cc1c(-c2[nH]c3ccc(C4CCN(CC(=O)N(C)C)CC4)cc3c2C(C)C)cn2nnnc2c1C. The fourth-order valence-electron chi connectivity index (χ4n) is 5.42. The highest BCUT2D eigenvalue weighted by molar-refractivity contribution is 5.92. The molecule has 1 saturated heterocycles. The van der Waals surface area contributed by atoms with E-state index in [1.807, 2.05) is 20.3 Å². The number of aromatic amines is 1. The van der Waals surface area contributed by atoms with Crippen molar-refractivity contribution in [2.45, 2.75) is 52.4 Å². The van der Waals surface area contributed by atoms with E-state index in [1.54, 1.807) is 9.42 Å². The van der Waals surface area contributed by atoms with Gasteiger partial charge in [0.2, 0.25) is 5.91 Å². The van der Waals surface area contributed by atoms with Crippen LogP contribution in [0.4, 0.5) is 0 Å². The van der Waals surface area contributed by atoms with Gasteiger partial charge < -0.3 is 9.88 Å². The summed E-state index contributed by atoms with van der Waals surface area (Å²) in [7, 11) is 3.65. The number of rotatable bonds is 5. The van der Waals surface area contributed by atoms with Crippen LogP contribution in [0.5, 0.6) is 0 Å². The molecule has 5 rings (SSSR count). The van der Waals surface area contributed by atoms with Gasteiger partial charge in [0.1, 0.15) is 0 Å². The summed E-state index contributed by atoms with van der Waals surface area (Å²) >= 11 is 0. The molecule has 184 valence electrons. The average Bonchev–Trinajstić information content (AvgIpc) is 3.46. The number of piperidine rings is 1. The van der Waals surface area contributed by atoms with E-state index in [4.69, 9.17) is 0 Å². The molecule has 4 aromatic rings. The van der Waals surface area contributed by atoms with E-state index in [0.29, 0.717) is 18.4 Å². The fourth-order valence-corrected chi connectivity index (χ4v) is 5.42. The molecule has 1 N–H and O–H groups in total. The number of hydrogen-bond donors (Lipinski definition) is 1. The summed E-state index contributed by atoms with van der Waals surface area (Å²) in [6, 6.07) is 6.91. The van der Waals surface area contributed by atoms with Gasteiger partial charge in [-0.2, -0.15) is 4.52 Å². The van der Waals surface area contributed by atoms with Gasteiger partial charge >= 0.3 is 0 Å². The number of nitrogens with zero attached hydrogens (tertiary/aromatic N) is 6. The smallest absolute Gasteiger partial charge is 0.236 e. The van der Waals surface area contributed by atoms with E-state index in [0.717, 1.165) is 53.9 Å². The number of aromatic nitrogens is 5. The molecule has 0 spiro atoms. The van der Waals surface area contributed by atoms with Crippen LogP contribution in [0.2, 0.25) is 0 Å². The monoisotopic (exact) mass is 473 g/mol. The van der Waals surface area contributed by atoms with Crippen molar-refractivity contribution in [3.05, 3.63) is 46.6 Å². The van der Waals surface area contributed by atoms with Crippen molar-refractivity contribution >= 4 is 22.5 Å². The Bertz CT molecular complexity index is 1390. The molecule has 1 aliphatic rings. The van der Waals surface area contributed by atoms with Crippen LogP contribution in [0.1, 0.15) is 60.8 Å². The maximum atomic E-state index is 12.1. The molecule has 0 aliphatic carbocycles. The third-order valence-corrected chi connectivity index (χ3v) is 7.67. The second-order valence-electron chi connectivity index (χ2n) is 10.5. The molecular formula is C27H35N7O. The third kappa shape index (κ3) is 4.20. The molecule has 1 aromatic carbocycles. The molecule has 0 atom stereocenters. The molecule has 0 radical (unpaired) electrons. The first-order valence-corrected chi connectivity index (χ1v) is 12.5. The third-order valence-electron chi connectivity index (χ3n) is 7.67. The lowest BCUT2D eigenvalue weighted by atomic mass is 9.87. The molecule has 8 nitrogen and oxygen atoms in total. The topological polar surface area (TPSA) is 82.4 Å². The molecular weight excluding hydrogens is 438 g/mol. The van der Waals surface area contributed by atoms with Gasteiger partial charge in [0.15, 0.2) is 5.65 Å². The average molecular weight is 474 g/mol. The van der Waals surface area contributed by atoms with Gasteiger partial charge in [-0.25, -0.2) is 0 Å². The van der Waals surface area contributed by atoms with Gasteiger partial charge in [0, 0.05) is 36.8 Å². The second kappa shape index (κ2) is 9.07. The molecule has 1 fully saturated rings. The Morgan fingerprint density at radius 3 is 2.60 bits per heavy atom. The van der Waals surface area contributed by atoms with Gasteiger partial charge in [-0.1, -0.05) is 19.9 Å².